The van der Waals surface area contributed by atoms with Crippen LogP contribution in [-0.2, 0) is 19.5 Å². The van der Waals surface area contributed by atoms with Gasteiger partial charge in [0.2, 0.25) is 0 Å². The molecule has 0 radical (unpaired) electrons. The Kier molecular flexibility index (Phi) is 5.42. The molecule has 0 unspecified atom stereocenters. The summed E-state index contributed by atoms with van der Waals surface area (Å²) in [6.07, 6.45) is 6.67. The Bertz CT molecular complexity index is 771. The maximum absolute atomic E-state index is 4.60. The Morgan fingerprint density at radius 1 is 1.33 bits per heavy atom. The molecular formula is C15H22N8S. The van der Waals surface area contributed by atoms with E-state index in [1.54, 1.807) is 17.7 Å². The third-order valence-electron chi connectivity index (χ3n) is 3.54. The molecular weight excluding hydrogens is 324 g/mol. The highest BCUT2D eigenvalue weighted by Crippen LogP contribution is 2.11. The Hall–Kier alpha value is -2.42. The van der Waals surface area contributed by atoms with E-state index in [1.165, 1.54) is 0 Å². The average Bonchev–Trinajstić information content (AvgIpc) is 3.28. The quantitative estimate of drug-likeness (QED) is 0.498. The highest BCUT2D eigenvalue weighted by Gasteiger charge is 2.04. The predicted molar refractivity (Wildman–Crippen MR) is 95.3 cm³/mol. The first-order valence-electron chi connectivity index (χ1n) is 8.10. The van der Waals surface area contributed by atoms with Crippen LogP contribution in [0.25, 0.3) is 4.96 Å². The average molecular weight is 346 g/mol. The van der Waals surface area contributed by atoms with Crippen LogP contribution in [-0.4, -0.2) is 43.2 Å². The number of nitrogens with one attached hydrogen (secondary N) is 2. The van der Waals surface area contributed by atoms with E-state index in [9.17, 15) is 0 Å². The molecule has 0 aliphatic rings. The Morgan fingerprint density at radius 3 is 3.04 bits per heavy atom. The van der Waals surface area contributed by atoms with Crippen molar-refractivity contribution in [2.45, 2.75) is 33.4 Å². The van der Waals surface area contributed by atoms with Crippen molar-refractivity contribution >= 4 is 22.3 Å². The number of rotatable bonds is 7. The number of imidazole rings is 1. The molecule has 3 aromatic heterocycles. The first-order valence-corrected chi connectivity index (χ1v) is 8.98. The maximum atomic E-state index is 4.60. The molecule has 0 aromatic carbocycles. The van der Waals surface area contributed by atoms with Crippen molar-refractivity contribution in [3.8, 4) is 0 Å². The van der Waals surface area contributed by atoms with E-state index in [4.69, 9.17) is 0 Å². The highest BCUT2D eigenvalue weighted by molar-refractivity contribution is 7.15. The minimum Gasteiger partial charge on any atom is -0.357 e. The van der Waals surface area contributed by atoms with Gasteiger partial charge in [0, 0.05) is 43.8 Å². The van der Waals surface area contributed by atoms with E-state index >= 15 is 0 Å². The SMILES string of the molecule is CCNC(=NCc1cn2ccsc2n1)NCCn1cnnc1CC. The normalized spacial score (nSPS) is 12.0. The van der Waals surface area contributed by atoms with Gasteiger partial charge in [-0.2, -0.15) is 0 Å². The van der Waals surface area contributed by atoms with Gasteiger partial charge < -0.3 is 15.2 Å². The van der Waals surface area contributed by atoms with Gasteiger partial charge in [-0.05, 0) is 6.92 Å². The molecule has 0 aliphatic carbocycles. The third kappa shape index (κ3) is 3.91. The zero-order chi connectivity index (χ0) is 16.8. The van der Waals surface area contributed by atoms with Gasteiger partial charge in [0.25, 0.3) is 0 Å². The molecule has 0 bridgehead atoms. The van der Waals surface area contributed by atoms with Crippen LogP contribution in [0.2, 0.25) is 0 Å². The van der Waals surface area contributed by atoms with Crippen molar-refractivity contribution in [1.29, 1.82) is 0 Å². The van der Waals surface area contributed by atoms with Crippen LogP contribution in [0.15, 0.2) is 29.1 Å². The van der Waals surface area contributed by atoms with E-state index in [-0.39, 0.29) is 0 Å². The predicted octanol–water partition coefficient (Wildman–Crippen LogP) is 1.30. The summed E-state index contributed by atoms with van der Waals surface area (Å²) >= 11 is 1.63. The summed E-state index contributed by atoms with van der Waals surface area (Å²) in [6.45, 7) is 7.07. The van der Waals surface area contributed by atoms with E-state index in [1.807, 2.05) is 22.2 Å². The second-order valence-electron chi connectivity index (χ2n) is 5.24. The molecule has 2 N–H and O–H groups in total. The highest BCUT2D eigenvalue weighted by atomic mass is 32.1. The van der Waals surface area contributed by atoms with Gasteiger partial charge in [-0.25, -0.2) is 9.98 Å². The molecule has 0 saturated heterocycles. The van der Waals surface area contributed by atoms with Crippen molar-refractivity contribution in [1.82, 2.24) is 34.8 Å². The molecule has 3 aromatic rings. The van der Waals surface area contributed by atoms with Gasteiger partial charge in [-0.15, -0.1) is 21.5 Å². The second-order valence-corrected chi connectivity index (χ2v) is 6.11. The summed E-state index contributed by atoms with van der Waals surface area (Å²) in [5.74, 6) is 1.79. The molecule has 0 amide bonds. The van der Waals surface area contributed by atoms with E-state index in [2.05, 4.69) is 49.2 Å². The van der Waals surface area contributed by atoms with Crippen LogP contribution in [0.4, 0.5) is 0 Å². The van der Waals surface area contributed by atoms with Crippen molar-refractivity contribution in [3.05, 3.63) is 35.6 Å². The molecule has 0 fully saturated rings. The molecule has 0 saturated carbocycles. The summed E-state index contributed by atoms with van der Waals surface area (Å²) in [6, 6.07) is 0. The van der Waals surface area contributed by atoms with E-state index < -0.39 is 0 Å². The summed E-state index contributed by atoms with van der Waals surface area (Å²) in [5, 5.41) is 16.7. The largest absolute Gasteiger partial charge is 0.357 e. The number of aliphatic imine (C=N–C) groups is 1. The fourth-order valence-electron chi connectivity index (χ4n) is 2.39. The van der Waals surface area contributed by atoms with E-state index in [0.29, 0.717) is 6.54 Å². The number of hydrogen-bond acceptors (Lipinski definition) is 5. The zero-order valence-electron chi connectivity index (χ0n) is 13.9. The number of fused-ring (bicyclic) bond motifs is 1. The lowest BCUT2D eigenvalue weighted by atomic mass is 10.4. The lowest BCUT2D eigenvalue weighted by molar-refractivity contribution is 0.632. The number of aryl methyl sites for hydroxylation is 1. The number of thiazole rings is 1. The summed E-state index contributed by atoms with van der Waals surface area (Å²) in [7, 11) is 0. The molecule has 9 heteroatoms. The fraction of sp³-hybridized carbons (Fsp3) is 0.467. The van der Waals surface area contributed by atoms with Gasteiger partial charge in [0.1, 0.15) is 12.2 Å². The Balaban J connectivity index is 1.56. The van der Waals surface area contributed by atoms with Crippen LogP contribution in [0, 0.1) is 0 Å². The molecule has 24 heavy (non-hydrogen) atoms. The second kappa shape index (κ2) is 7.91. The zero-order valence-corrected chi connectivity index (χ0v) is 14.8. The molecule has 3 heterocycles. The molecule has 8 nitrogen and oxygen atoms in total. The fourth-order valence-corrected chi connectivity index (χ4v) is 3.11. The van der Waals surface area contributed by atoms with Crippen molar-refractivity contribution in [2.75, 3.05) is 13.1 Å². The standard InChI is InChI=1S/C15H22N8S/c1-3-13-21-19-11-23(13)6-5-17-14(16-4-2)18-9-12-10-22-7-8-24-15(22)20-12/h7-8,10-11H,3-6,9H2,1-2H3,(H2,16,17,18). The monoisotopic (exact) mass is 346 g/mol. The number of nitrogens with zero attached hydrogens (tertiary/aromatic N) is 6. The van der Waals surface area contributed by atoms with Crippen LogP contribution in [0.1, 0.15) is 25.4 Å². The van der Waals surface area contributed by atoms with Crippen molar-refractivity contribution in [2.24, 2.45) is 4.99 Å². The first kappa shape index (κ1) is 16.4. The number of guanidine groups is 1. The van der Waals surface area contributed by atoms with Crippen LogP contribution >= 0.6 is 11.3 Å². The Labute approximate surface area is 144 Å². The minimum absolute atomic E-state index is 0.552. The third-order valence-corrected chi connectivity index (χ3v) is 4.31. The lowest BCUT2D eigenvalue weighted by Crippen LogP contribution is -2.38. The number of hydrogen-bond donors (Lipinski definition) is 2. The van der Waals surface area contributed by atoms with Crippen LogP contribution in [0.5, 0.6) is 0 Å². The maximum Gasteiger partial charge on any atom is 0.193 e. The summed E-state index contributed by atoms with van der Waals surface area (Å²) < 4.78 is 4.08. The van der Waals surface area contributed by atoms with Gasteiger partial charge in [0.15, 0.2) is 10.9 Å². The number of aromatic nitrogens is 5. The first-order chi connectivity index (χ1) is 11.8. The Morgan fingerprint density at radius 2 is 2.25 bits per heavy atom. The van der Waals surface area contributed by atoms with Crippen LogP contribution < -0.4 is 10.6 Å². The van der Waals surface area contributed by atoms with Crippen LogP contribution in [0.3, 0.4) is 0 Å². The van der Waals surface area contributed by atoms with Gasteiger partial charge in [-0.3, -0.25) is 4.40 Å². The van der Waals surface area contributed by atoms with Crippen molar-refractivity contribution in [3.63, 3.8) is 0 Å². The minimum atomic E-state index is 0.552. The molecule has 0 atom stereocenters. The molecule has 128 valence electrons. The van der Waals surface area contributed by atoms with Gasteiger partial charge in [-0.1, -0.05) is 6.92 Å². The van der Waals surface area contributed by atoms with Gasteiger partial charge >= 0.3 is 0 Å². The molecule has 3 rings (SSSR count). The van der Waals surface area contributed by atoms with E-state index in [0.717, 1.165) is 48.5 Å². The summed E-state index contributed by atoms with van der Waals surface area (Å²) in [4.78, 5) is 10.1. The summed E-state index contributed by atoms with van der Waals surface area (Å²) in [5.41, 5.74) is 0.964. The molecule has 0 spiro atoms. The molecule has 0 aliphatic heterocycles. The smallest absolute Gasteiger partial charge is 0.193 e. The lowest BCUT2D eigenvalue weighted by Gasteiger charge is -2.11. The van der Waals surface area contributed by atoms with Crippen molar-refractivity contribution < 1.29 is 0 Å². The topological polar surface area (TPSA) is 84.4 Å². The van der Waals surface area contributed by atoms with Gasteiger partial charge in [0.05, 0.1) is 12.2 Å².